The highest BCUT2D eigenvalue weighted by atomic mass is 79.9. The van der Waals surface area contributed by atoms with E-state index < -0.39 is 0 Å². The van der Waals surface area contributed by atoms with Crippen molar-refractivity contribution in [1.29, 1.82) is 0 Å². The van der Waals surface area contributed by atoms with Gasteiger partial charge in [-0.2, -0.15) is 0 Å². The van der Waals surface area contributed by atoms with E-state index in [-0.39, 0.29) is 5.76 Å². The van der Waals surface area contributed by atoms with E-state index in [1.54, 1.807) is 0 Å². The summed E-state index contributed by atoms with van der Waals surface area (Å²) in [6, 6.07) is 5.99. The van der Waals surface area contributed by atoms with Gasteiger partial charge in [-0.05, 0) is 41.9 Å². The van der Waals surface area contributed by atoms with E-state index >= 15 is 0 Å². The van der Waals surface area contributed by atoms with E-state index in [4.69, 9.17) is 4.42 Å². The van der Waals surface area contributed by atoms with Crippen LogP contribution >= 0.6 is 15.9 Å². The van der Waals surface area contributed by atoms with Crippen molar-refractivity contribution in [3.63, 3.8) is 0 Å². The van der Waals surface area contributed by atoms with Crippen molar-refractivity contribution in [3.05, 3.63) is 34.3 Å². The third kappa shape index (κ3) is 2.46. The van der Waals surface area contributed by atoms with Crippen LogP contribution in [0.3, 0.4) is 0 Å². The van der Waals surface area contributed by atoms with E-state index in [2.05, 4.69) is 40.8 Å². The number of aromatic nitrogens is 1. The molecule has 1 heterocycles. The van der Waals surface area contributed by atoms with Gasteiger partial charge in [-0.3, -0.25) is 4.98 Å². The van der Waals surface area contributed by atoms with Gasteiger partial charge in [0.1, 0.15) is 0 Å². The number of H-pyrrole nitrogens is 1. The third-order valence-electron chi connectivity index (χ3n) is 4.71. The van der Waals surface area contributed by atoms with Crippen LogP contribution in [-0.2, 0) is 0 Å². The molecule has 4 heteroatoms. The molecule has 2 unspecified atom stereocenters. The minimum absolute atomic E-state index is 0.308. The number of alkyl halides is 1. The quantitative estimate of drug-likeness (QED) is 0.802. The van der Waals surface area contributed by atoms with Crippen LogP contribution in [0.1, 0.15) is 49.9 Å². The summed E-state index contributed by atoms with van der Waals surface area (Å²) >= 11 is 3.89. The average Bonchev–Trinajstić information content (AvgIpc) is 2.76. The lowest BCUT2D eigenvalue weighted by Gasteiger charge is -2.41. The van der Waals surface area contributed by atoms with E-state index in [9.17, 15) is 4.79 Å². The van der Waals surface area contributed by atoms with Crippen LogP contribution in [0.15, 0.2) is 27.4 Å². The molecule has 1 aliphatic rings. The van der Waals surface area contributed by atoms with Gasteiger partial charge in [0.05, 0.1) is 5.52 Å². The Labute approximate surface area is 126 Å². The fourth-order valence-corrected chi connectivity index (χ4v) is 4.69. The SMILES string of the molecule is CC1(C)CCCCC1C(Br)c1ccc2[nH]c(=O)oc2c1. The Bertz CT molecular complexity index is 670. The zero-order valence-electron chi connectivity index (χ0n) is 11.9. The largest absolute Gasteiger partial charge is 0.417 e. The highest BCUT2D eigenvalue weighted by molar-refractivity contribution is 9.09. The van der Waals surface area contributed by atoms with Crippen molar-refractivity contribution in [3.8, 4) is 0 Å². The van der Waals surface area contributed by atoms with E-state index in [0.717, 1.165) is 5.52 Å². The Balaban J connectivity index is 1.94. The number of halogens is 1. The zero-order valence-corrected chi connectivity index (χ0v) is 13.5. The van der Waals surface area contributed by atoms with Crippen LogP contribution in [0, 0.1) is 11.3 Å². The molecule has 1 N–H and O–H groups in total. The minimum atomic E-state index is -0.388. The first-order valence-corrected chi connectivity index (χ1v) is 8.16. The first kappa shape index (κ1) is 13.9. The topological polar surface area (TPSA) is 46.0 Å². The molecule has 2 atom stereocenters. The van der Waals surface area contributed by atoms with Crippen molar-refractivity contribution in [2.24, 2.45) is 11.3 Å². The molecule has 1 aromatic heterocycles. The zero-order chi connectivity index (χ0) is 14.3. The van der Waals surface area contributed by atoms with Gasteiger partial charge in [-0.15, -0.1) is 0 Å². The first-order chi connectivity index (χ1) is 9.47. The van der Waals surface area contributed by atoms with Gasteiger partial charge in [-0.1, -0.05) is 48.7 Å². The molecule has 0 aliphatic heterocycles. The molecule has 108 valence electrons. The van der Waals surface area contributed by atoms with Crippen LogP contribution in [-0.4, -0.2) is 4.98 Å². The molecule has 1 fully saturated rings. The minimum Gasteiger partial charge on any atom is -0.408 e. The summed E-state index contributed by atoms with van der Waals surface area (Å²) in [5.41, 5.74) is 2.95. The lowest BCUT2D eigenvalue weighted by Crippen LogP contribution is -2.30. The van der Waals surface area contributed by atoms with Crippen LogP contribution in [0.25, 0.3) is 11.1 Å². The van der Waals surface area contributed by atoms with Crippen molar-refractivity contribution in [1.82, 2.24) is 4.98 Å². The molecular formula is C16H20BrNO2. The summed E-state index contributed by atoms with van der Waals surface area (Å²) in [5.74, 6) is 0.223. The molecule has 1 aromatic carbocycles. The lowest BCUT2D eigenvalue weighted by atomic mass is 9.67. The molecule has 2 aromatic rings. The lowest BCUT2D eigenvalue weighted by molar-refractivity contribution is 0.136. The summed E-state index contributed by atoms with van der Waals surface area (Å²) in [6.45, 7) is 4.72. The number of nitrogens with one attached hydrogen (secondary N) is 1. The summed E-state index contributed by atoms with van der Waals surface area (Å²) in [6.07, 6.45) is 5.16. The Morgan fingerprint density at radius 1 is 1.40 bits per heavy atom. The van der Waals surface area contributed by atoms with Crippen LogP contribution < -0.4 is 5.76 Å². The molecule has 0 radical (unpaired) electrons. The van der Waals surface area contributed by atoms with E-state index in [0.29, 0.717) is 21.7 Å². The maximum Gasteiger partial charge on any atom is 0.417 e. The van der Waals surface area contributed by atoms with Gasteiger partial charge in [0, 0.05) is 4.83 Å². The molecule has 0 bridgehead atoms. The normalized spacial score (nSPS) is 23.9. The third-order valence-corrected chi connectivity index (χ3v) is 5.87. The maximum absolute atomic E-state index is 11.2. The molecule has 1 aliphatic carbocycles. The second-order valence-electron chi connectivity index (χ2n) is 6.51. The number of hydrogen-bond acceptors (Lipinski definition) is 2. The van der Waals surface area contributed by atoms with Gasteiger partial charge >= 0.3 is 5.76 Å². The first-order valence-electron chi connectivity index (χ1n) is 7.24. The van der Waals surface area contributed by atoms with Crippen molar-refractivity contribution in [2.45, 2.75) is 44.4 Å². The number of oxazole rings is 1. The second kappa shape index (κ2) is 5.06. The highest BCUT2D eigenvalue weighted by Crippen LogP contribution is 2.50. The van der Waals surface area contributed by atoms with Crippen molar-refractivity contribution < 1.29 is 4.42 Å². The van der Waals surface area contributed by atoms with Crippen LogP contribution in [0.2, 0.25) is 0 Å². The standard InChI is InChI=1S/C16H20BrNO2/c1-16(2)8-4-3-5-11(16)14(17)10-6-7-12-13(9-10)20-15(19)18-12/h6-7,9,11,14H,3-5,8H2,1-2H3,(H,18,19). The Morgan fingerprint density at radius 2 is 2.20 bits per heavy atom. The molecule has 0 saturated heterocycles. The Kier molecular flexibility index (Phi) is 3.53. The molecule has 0 amide bonds. The van der Waals surface area contributed by atoms with Crippen molar-refractivity contribution in [2.75, 3.05) is 0 Å². The highest BCUT2D eigenvalue weighted by Gasteiger charge is 2.37. The average molecular weight is 338 g/mol. The monoisotopic (exact) mass is 337 g/mol. The molecule has 3 rings (SSSR count). The molecule has 3 nitrogen and oxygen atoms in total. The number of aromatic amines is 1. The van der Waals surface area contributed by atoms with Crippen molar-refractivity contribution >= 4 is 27.0 Å². The fourth-order valence-electron chi connectivity index (χ4n) is 3.43. The fraction of sp³-hybridized carbons (Fsp3) is 0.562. The van der Waals surface area contributed by atoms with Gasteiger partial charge in [0.2, 0.25) is 0 Å². The summed E-state index contributed by atoms with van der Waals surface area (Å²) in [5, 5.41) is 0. The number of benzene rings is 1. The summed E-state index contributed by atoms with van der Waals surface area (Å²) in [7, 11) is 0. The van der Waals surface area contributed by atoms with E-state index in [1.165, 1.54) is 31.2 Å². The predicted molar refractivity (Wildman–Crippen MR) is 84.2 cm³/mol. The predicted octanol–water partition coefficient (Wildman–Crippen LogP) is 4.77. The van der Waals surface area contributed by atoms with Crippen LogP contribution in [0.5, 0.6) is 0 Å². The van der Waals surface area contributed by atoms with Gasteiger partial charge < -0.3 is 4.42 Å². The van der Waals surface area contributed by atoms with Gasteiger partial charge in [0.25, 0.3) is 0 Å². The molecule has 0 spiro atoms. The summed E-state index contributed by atoms with van der Waals surface area (Å²) < 4.78 is 5.17. The maximum atomic E-state index is 11.2. The van der Waals surface area contributed by atoms with E-state index in [1.807, 2.05) is 12.1 Å². The number of rotatable bonds is 2. The van der Waals surface area contributed by atoms with Gasteiger partial charge in [-0.25, -0.2) is 4.79 Å². The second-order valence-corrected chi connectivity index (χ2v) is 7.50. The molecular weight excluding hydrogens is 318 g/mol. The molecule has 20 heavy (non-hydrogen) atoms. The number of hydrogen-bond donors (Lipinski definition) is 1. The smallest absolute Gasteiger partial charge is 0.408 e. The number of fused-ring (bicyclic) bond motifs is 1. The van der Waals surface area contributed by atoms with Gasteiger partial charge in [0.15, 0.2) is 5.58 Å². The van der Waals surface area contributed by atoms with Crippen LogP contribution in [0.4, 0.5) is 0 Å². The Hall–Kier alpha value is -1.03. The Morgan fingerprint density at radius 3 is 2.95 bits per heavy atom. The summed E-state index contributed by atoms with van der Waals surface area (Å²) in [4.78, 5) is 14.2. The molecule has 1 saturated carbocycles.